The summed E-state index contributed by atoms with van der Waals surface area (Å²) in [5, 5.41) is 0. The Hall–Kier alpha value is -2.00. The largest absolute Gasteiger partial charge is 0.496 e. The molecule has 0 amide bonds. The van der Waals surface area contributed by atoms with Crippen molar-refractivity contribution in [2.24, 2.45) is 0 Å². The van der Waals surface area contributed by atoms with Crippen molar-refractivity contribution in [1.82, 2.24) is 0 Å². The molecule has 1 unspecified atom stereocenters. The molecule has 0 N–H and O–H groups in total. The third kappa shape index (κ3) is 4.09. The number of likely N-dealkylation sites (N-methyl/N-ethyl adjacent to an activating group) is 1. The molecule has 2 aromatic rings. The van der Waals surface area contributed by atoms with Gasteiger partial charge in [0.1, 0.15) is 17.6 Å². The van der Waals surface area contributed by atoms with Gasteiger partial charge in [-0.3, -0.25) is 4.79 Å². The van der Waals surface area contributed by atoms with Crippen molar-refractivity contribution in [2.45, 2.75) is 25.3 Å². The first-order valence-electron chi connectivity index (χ1n) is 9.90. The van der Waals surface area contributed by atoms with Gasteiger partial charge < -0.3 is 23.4 Å². The van der Waals surface area contributed by atoms with Crippen LogP contribution in [0.5, 0.6) is 23.0 Å². The van der Waals surface area contributed by atoms with Gasteiger partial charge >= 0.3 is 0 Å². The van der Waals surface area contributed by atoms with Crippen LogP contribution in [-0.2, 0) is 17.6 Å². The molecule has 0 aliphatic carbocycles. The number of fused-ring (bicyclic) bond motifs is 2. The number of benzene rings is 2. The van der Waals surface area contributed by atoms with E-state index in [4.69, 9.17) is 18.9 Å². The number of halogens is 1. The minimum atomic E-state index is -0.00888. The number of nitrogens with zero attached hydrogens (tertiary/aromatic N) is 1. The minimum absolute atomic E-state index is 0. The van der Waals surface area contributed by atoms with Gasteiger partial charge in [-0.05, 0) is 17.7 Å². The molecule has 0 radical (unpaired) electrons. The van der Waals surface area contributed by atoms with Crippen molar-refractivity contribution in [3.63, 3.8) is 0 Å². The molecular weight excluding hydrogens is 497 g/mol. The Balaban J connectivity index is 0.00000256. The third-order valence-corrected chi connectivity index (χ3v) is 6.08. The summed E-state index contributed by atoms with van der Waals surface area (Å²) in [7, 11) is 7.64. The molecule has 0 spiro atoms. The zero-order valence-corrected chi connectivity index (χ0v) is 20.2. The second kappa shape index (κ2) is 9.01. The van der Waals surface area contributed by atoms with E-state index in [1.807, 2.05) is 24.3 Å². The van der Waals surface area contributed by atoms with Gasteiger partial charge in [-0.2, -0.15) is 0 Å². The van der Waals surface area contributed by atoms with Crippen molar-refractivity contribution >= 4 is 29.8 Å². The third-order valence-electron chi connectivity index (χ3n) is 6.08. The number of carbonyl (C=O) groups is 1. The maximum Gasteiger partial charge on any atom is 0.231 e. The summed E-state index contributed by atoms with van der Waals surface area (Å²) >= 11 is 0. The van der Waals surface area contributed by atoms with Crippen LogP contribution in [0, 0.1) is 0 Å². The fourth-order valence-electron chi connectivity index (χ4n) is 4.46. The van der Waals surface area contributed by atoms with E-state index in [2.05, 4.69) is 20.2 Å². The molecule has 6 nitrogen and oxygen atoms in total. The summed E-state index contributed by atoms with van der Waals surface area (Å²) in [6.45, 7) is 1.15. The van der Waals surface area contributed by atoms with E-state index in [0.717, 1.165) is 40.1 Å². The number of hydrogen-bond acceptors (Lipinski definition) is 5. The number of hydrogen-bond donors (Lipinski definition) is 0. The Morgan fingerprint density at radius 2 is 1.93 bits per heavy atom. The van der Waals surface area contributed by atoms with Gasteiger partial charge in [0.05, 0.1) is 46.8 Å². The molecule has 0 saturated carbocycles. The Labute approximate surface area is 194 Å². The standard InChI is InChI=1S/C23H28NO5.HI/c1-24(2)10-9-16-12-20-22(29-14-28-20)23(27-4)21(16)18(24)13-17(25)11-15-7-5-6-8-19(15)26-3;/h5-8,12,18H,9-11,13-14H2,1-4H3;1H/q+1;. The van der Waals surface area contributed by atoms with Crippen molar-refractivity contribution < 1.29 is 28.2 Å². The van der Waals surface area contributed by atoms with Crippen molar-refractivity contribution in [2.75, 3.05) is 41.7 Å². The molecule has 0 saturated heterocycles. The quantitative estimate of drug-likeness (QED) is 0.422. The number of methoxy groups -OCH3 is 2. The topological polar surface area (TPSA) is 54.0 Å². The number of ether oxygens (including phenoxy) is 4. The highest BCUT2D eigenvalue weighted by Gasteiger charge is 2.42. The molecule has 2 aromatic carbocycles. The zero-order chi connectivity index (χ0) is 20.6. The maximum absolute atomic E-state index is 13.1. The van der Waals surface area contributed by atoms with Gasteiger partial charge in [-0.25, -0.2) is 0 Å². The van der Waals surface area contributed by atoms with Crippen molar-refractivity contribution in [3.05, 3.63) is 47.0 Å². The van der Waals surface area contributed by atoms with Gasteiger partial charge in [0.2, 0.25) is 12.5 Å². The second-order valence-corrected chi connectivity index (χ2v) is 8.22. The van der Waals surface area contributed by atoms with Gasteiger partial charge in [0.15, 0.2) is 11.5 Å². The molecule has 0 fully saturated rings. The summed E-state index contributed by atoms with van der Waals surface area (Å²) in [4.78, 5) is 13.1. The number of rotatable bonds is 6. The van der Waals surface area contributed by atoms with Crippen LogP contribution in [0.25, 0.3) is 0 Å². The first-order valence-corrected chi connectivity index (χ1v) is 9.90. The van der Waals surface area contributed by atoms with E-state index in [9.17, 15) is 4.79 Å². The summed E-state index contributed by atoms with van der Waals surface area (Å²) in [5.74, 6) is 3.01. The fraction of sp³-hybridized carbons (Fsp3) is 0.435. The highest BCUT2D eigenvalue weighted by molar-refractivity contribution is 14.0. The summed E-state index contributed by atoms with van der Waals surface area (Å²) in [5.41, 5.74) is 3.17. The molecule has 7 heteroatoms. The molecule has 1 atom stereocenters. The Morgan fingerprint density at radius 1 is 1.17 bits per heavy atom. The first kappa shape index (κ1) is 22.7. The van der Waals surface area contributed by atoms with Crippen molar-refractivity contribution in [3.8, 4) is 23.0 Å². The van der Waals surface area contributed by atoms with Crippen molar-refractivity contribution in [1.29, 1.82) is 0 Å². The van der Waals surface area contributed by atoms with Gasteiger partial charge in [-0.15, -0.1) is 24.0 Å². The molecule has 0 aromatic heterocycles. The Kier molecular flexibility index (Phi) is 6.81. The molecular formula is C23H29INO5+. The van der Waals surface area contributed by atoms with E-state index in [1.54, 1.807) is 14.2 Å². The van der Waals surface area contributed by atoms with Crippen LogP contribution in [-0.4, -0.2) is 51.9 Å². The van der Waals surface area contributed by atoms with Gasteiger partial charge in [0.25, 0.3) is 0 Å². The highest BCUT2D eigenvalue weighted by Crippen LogP contribution is 2.51. The average Bonchev–Trinajstić information content (AvgIpc) is 3.17. The van der Waals surface area contributed by atoms with E-state index >= 15 is 0 Å². The van der Waals surface area contributed by atoms with Crippen LogP contribution in [0.2, 0.25) is 0 Å². The lowest BCUT2D eigenvalue weighted by Crippen LogP contribution is -2.48. The summed E-state index contributed by atoms with van der Waals surface area (Å²) in [6, 6.07) is 9.73. The lowest BCUT2D eigenvalue weighted by atomic mass is 9.86. The molecule has 2 aliphatic rings. The van der Waals surface area contributed by atoms with Crippen LogP contribution in [0.3, 0.4) is 0 Å². The molecule has 0 bridgehead atoms. The van der Waals surface area contributed by atoms with E-state index < -0.39 is 0 Å². The maximum atomic E-state index is 13.1. The van der Waals surface area contributed by atoms with E-state index in [0.29, 0.717) is 24.3 Å². The average molecular weight is 526 g/mol. The minimum Gasteiger partial charge on any atom is -0.496 e. The first-order chi connectivity index (χ1) is 13.9. The molecule has 2 heterocycles. The number of quaternary nitrogens is 1. The summed E-state index contributed by atoms with van der Waals surface area (Å²) < 4.78 is 23.2. The SMILES string of the molecule is COc1ccccc1CC(=O)CC1c2c(cc3c(c2OC)OCO3)CC[N+]1(C)C.I. The number of para-hydroxylation sites is 1. The van der Waals surface area contributed by atoms with Crippen LogP contribution in [0.15, 0.2) is 30.3 Å². The summed E-state index contributed by atoms with van der Waals surface area (Å²) in [6.07, 6.45) is 1.68. The predicted molar refractivity (Wildman–Crippen MR) is 124 cm³/mol. The van der Waals surface area contributed by atoms with Crippen LogP contribution >= 0.6 is 24.0 Å². The highest BCUT2D eigenvalue weighted by atomic mass is 127. The predicted octanol–water partition coefficient (Wildman–Crippen LogP) is 3.93. The van der Waals surface area contributed by atoms with E-state index in [1.165, 1.54) is 5.56 Å². The van der Waals surface area contributed by atoms with Gasteiger partial charge in [-0.1, -0.05) is 18.2 Å². The molecule has 4 rings (SSSR count). The smallest absolute Gasteiger partial charge is 0.231 e. The van der Waals surface area contributed by atoms with E-state index in [-0.39, 0.29) is 42.6 Å². The number of Topliss-reactive ketones (excluding diaryl/α,β-unsaturated/α-hetero) is 1. The lowest BCUT2D eigenvalue weighted by molar-refractivity contribution is -0.922. The van der Waals surface area contributed by atoms with Crippen LogP contribution < -0.4 is 18.9 Å². The lowest BCUT2D eigenvalue weighted by Gasteiger charge is -2.43. The number of ketones is 1. The zero-order valence-electron chi connectivity index (χ0n) is 17.9. The number of carbonyl (C=O) groups excluding carboxylic acids is 1. The Morgan fingerprint density at radius 3 is 2.67 bits per heavy atom. The molecule has 162 valence electrons. The van der Waals surface area contributed by atoms with Crippen LogP contribution in [0.1, 0.15) is 29.2 Å². The monoisotopic (exact) mass is 526 g/mol. The normalized spacial score (nSPS) is 18.2. The van der Waals surface area contributed by atoms with Gasteiger partial charge in [0, 0.05) is 18.4 Å². The van der Waals surface area contributed by atoms with Crippen LogP contribution in [0.4, 0.5) is 0 Å². The molecule has 30 heavy (non-hydrogen) atoms. The Bertz CT molecular complexity index is 943. The fourth-order valence-corrected chi connectivity index (χ4v) is 4.46. The molecule has 2 aliphatic heterocycles. The second-order valence-electron chi connectivity index (χ2n) is 8.22.